The summed E-state index contributed by atoms with van der Waals surface area (Å²) in [5.74, 6) is -2.59. The van der Waals surface area contributed by atoms with Crippen LogP contribution in [0.1, 0.15) is 5.56 Å². The van der Waals surface area contributed by atoms with E-state index in [4.69, 9.17) is 0 Å². The largest absolute Gasteiger partial charge is 0.325 e. The van der Waals surface area contributed by atoms with Gasteiger partial charge in [-0.25, -0.2) is 22.2 Å². The summed E-state index contributed by atoms with van der Waals surface area (Å²) in [4.78, 5) is 18.4. The normalized spacial score (nSPS) is 15.4. The number of hydrogen-bond donors (Lipinski definition) is 1. The molecule has 160 valence electrons. The van der Waals surface area contributed by atoms with Crippen LogP contribution in [0, 0.1) is 18.6 Å². The fourth-order valence-corrected chi connectivity index (χ4v) is 4.70. The molecule has 0 spiro atoms. The highest BCUT2D eigenvalue weighted by Gasteiger charge is 2.37. The van der Waals surface area contributed by atoms with Crippen LogP contribution >= 0.6 is 0 Å². The van der Waals surface area contributed by atoms with E-state index < -0.39 is 34.1 Å². The average molecular weight is 444 g/mol. The molecule has 0 radical (unpaired) electrons. The summed E-state index contributed by atoms with van der Waals surface area (Å²) in [7, 11) is -4.00. The number of aromatic nitrogens is 1. The lowest BCUT2D eigenvalue weighted by Crippen LogP contribution is -2.47. The van der Waals surface area contributed by atoms with Gasteiger partial charge in [0.1, 0.15) is 4.90 Å². The molecule has 1 N–H and O–H groups in total. The van der Waals surface area contributed by atoms with Crippen LogP contribution < -0.4 is 10.2 Å². The molecule has 3 aromatic rings. The average Bonchev–Trinajstić information content (AvgIpc) is 2.74. The van der Waals surface area contributed by atoms with Crippen LogP contribution in [0.2, 0.25) is 0 Å². The highest BCUT2D eigenvalue weighted by molar-refractivity contribution is 7.89. The van der Waals surface area contributed by atoms with E-state index >= 15 is 0 Å². The second kappa shape index (κ2) is 8.05. The van der Waals surface area contributed by atoms with Gasteiger partial charge in [-0.15, -0.1) is 0 Å². The molecule has 0 saturated carbocycles. The van der Waals surface area contributed by atoms with E-state index in [1.807, 2.05) is 31.2 Å². The van der Waals surface area contributed by atoms with E-state index in [2.05, 4.69) is 10.3 Å². The molecule has 2 heterocycles. The fraction of sp³-hybridized carbons (Fsp3) is 0.143. The van der Waals surface area contributed by atoms with Gasteiger partial charge in [-0.2, -0.15) is 4.31 Å². The number of anilines is 3. The number of benzene rings is 2. The van der Waals surface area contributed by atoms with Crippen molar-refractivity contribution in [2.45, 2.75) is 11.8 Å². The molecule has 0 saturated heterocycles. The first kappa shape index (κ1) is 20.9. The molecule has 0 fully saturated rings. The molecule has 0 unspecified atom stereocenters. The van der Waals surface area contributed by atoms with E-state index in [1.54, 1.807) is 4.90 Å². The smallest absolute Gasteiger partial charge is 0.248 e. The van der Waals surface area contributed by atoms with E-state index in [0.29, 0.717) is 5.69 Å². The first-order valence-electron chi connectivity index (χ1n) is 9.30. The van der Waals surface area contributed by atoms with E-state index in [1.165, 1.54) is 24.4 Å². The van der Waals surface area contributed by atoms with Crippen LogP contribution in [0.5, 0.6) is 0 Å². The third-order valence-corrected chi connectivity index (χ3v) is 6.59. The molecule has 1 aliphatic rings. The molecular formula is C21H18F2N4O3S. The molecule has 0 atom stereocenters. The van der Waals surface area contributed by atoms with Gasteiger partial charge in [-0.3, -0.25) is 4.79 Å². The van der Waals surface area contributed by atoms with E-state index in [-0.39, 0.29) is 23.1 Å². The lowest BCUT2D eigenvalue weighted by Gasteiger charge is -2.36. The molecular weight excluding hydrogens is 426 g/mol. The van der Waals surface area contributed by atoms with Crippen molar-refractivity contribution in [1.29, 1.82) is 0 Å². The predicted molar refractivity (Wildman–Crippen MR) is 111 cm³/mol. The summed E-state index contributed by atoms with van der Waals surface area (Å²) >= 11 is 0. The summed E-state index contributed by atoms with van der Waals surface area (Å²) in [5, 5.41) is 2.40. The van der Waals surface area contributed by atoms with E-state index in [0.717, 1.165) is 22.0 Å². The predicted octanol–water partition coefficient (Wildman–Crippen LogP) is 3.41. The first-order chi connectivity index (χ1) is 14.8. The minimum atomic E-state index is -4.00. The second-order valence-corrected chi connectivity index (χ2v) is 8.93. The molecule has 7 nitrogen and oxygen atoms in total. The third kappa shape index (κ3) is 4.12. The van der Waals surface area contributed by atoms with Crippen LogP contribution in [0.3, 0.4) is 0 Å². The summed E-state index contributed by atoms with van der Waals surface area (Å²) in [5.41, 5.74) is 1.78. The van der Waals surface area contributed by atoms with Gasteiger partial charge in [-0.05, 0) is 43.3 Å². The number of aryl methyl sites for hydroxylation is 1. The number of nitrogens with one attached hydrogen (secondary N) is 1. The Labute approximate surface area is 178 Å². The topological polar surface area (TPSA) is 82.6 Å². The van der Waals surface area contributed by atoms with Crippen molar-refractivity contribution >= 4 is 33.1 Å². The maximum absolute atomic E-state index is 13.4. The molecule has 0 aliphatic carbocycles. The number of rotatable bonds is 4. The molecule has 1 aliphatic heterocycles. The van der Waals surface area contributed by atoms with Gasteiger partial charge in [0, 0.05) is 23.6 Å². The number of carbonyl (C=O) groups is 1. The van der Waals surface area contributed by atoms with Gasteiger partial charge >= 0.3 is 0 Å². The molecule has 1 aromatic heterocycles. The Hall–Kier alpha value is -3.37. The number of amides is 1. The number of carbonyl (C=O) groups excluding carboxylic acids is 1. The van der Waals surface area contributed by atoms with Crippen LogP contribution in [0.15, 0.2) is 65.7 Å². The van der Waals surface area contributed by atoms with Gasteiger partial charge < -0.3 is 10.2 Å². The molecule has 4 rings (SSSR count). The van der Waals surface area contributed by atoms with Crippen molar-refractivity contribution in [1.82, 2.24) is 9.29 Å². The standard InChI is InChI=1S/C21H18F2N4O3S/c1-14-4-7-16(8-5-14)27-13-26(31(29,30)19-3-2-10-24-21(19)27)12-20(28)25-15-6-9-17(22)18(23)11-15/h2-11H,12-13H2,1H3,(H,25,28). The van der Waals surface area contributed by atoms with Crippen molar-refractivity contribution in [3.8, 4) is 0 Å². The Morgan fingerprint density at radius 3 is 2.55 bits per heavy atom. The number of fused-ring (bicyclic) bond motifs is 1. The van der Waals surface area contributed by atoms with Gasteiger partial charge in [0.25, 0.3) is 0 Å². The van der Waals surface area contributed by atoms with Crippen LogP contribution in [-0.2, 0) is 14.8 Å². The van der Waals surface area contributed by atoms with Crippen molar-refractivity contribution < 1.29 is 22.0 Å². The summed E-state index contributed by atoms with van der Waals surface area (Å²) in [6.45, 7) is 1.28. The maximum atomic E-state index is 13.4. The van der Waals surface area contributed by atoms with Gasteiger partial charge in [0.05, 0.1) is 13.2 Å². The van der Waals surface area contributed by atoms with Crippen LogP contribution in [-0.4, -0.2) is 36.8 Å². The zero-order chi connectivity index (χ0) is 22.2. The Kier molecular flexibility index (Phi) is 5.42. The molecule has 2 aromatic carbocycles. The zero-order valence-electron chi connectivity index (χ0n) is 16.4. The highest BCUT2D eigenvalue weighted by Crippen LogP contribution is 2.36. The molecule has 0 bridgehead atoms. The van der Waals surface area contributed by atoms with Crippen LogP contribution in [0.25, 0.3) is 0 Å². The monoisotopic (exact) mass is 444 g/mol. The third-order valence-electron chi connectivity index (χ3n) is 4.79. The van der Waals surface area contributed by atoms with Crippen molar-refractivity contribution in [3.63, 3.8) is 0 Å². The summed E-state index contributed by atoms with van der Waals surface area (Å²) in [6.07, 6.45) is 1.50. The number of pyridine rings is 1. The van der Waals surface area contributed by atoms with E-state index in [9.17, 15) is 22.0 Å². The van der Waals surface area contributed by atoms with Crippen molar-refractivity contribution in [2.24, 2.45) is 0 Å². The van der Waals surface area contributed by atoms with Crippen LogP contribution in [0.4, 0.5) is 26.0 Å². The number of nitrogens with zero attached hydrogens (tertiary/aromatic N) is 3. The number of hydrogen-bond acceptors (Lipinski definition) is 5. The zero-order valence-corrected chi connectivity index (χ0v) is 17.2. The minimum Gasteiger partial charge on any atom is -0.325 e. The van der Waals surface area contributed by atoms with Crippen molar-refractivity contribution in [2.75, 3.05) is 23.4 Å². The first-order valence-corrected chi connectivity index (χ1v) is 10.7. The van der Waals surface area contributed by atoms with Gasteiger partial charge in [-0.1, -0.05) is 17.7 Å². The summed E-state index contributed by atoms with van der Waals surface area (Å²) in [6, 6.07) is 13.3. The fourth-order valence-electron chi connectivity index (χ4n) is 3.22. The minimum absolute atomic E-state index is 0.0239. The Bertz CT molecular complexity index is 1250. The Morgan fingerprint density at radius 2 is 1.84 bits per heavy atom. The lowest BCUT2D eigenvalue weighted by molar-refractivity contribution is -0.116. The molecule has 10 heteroatoms. The SMILES string of the molecule is Cc1ccc(N2CN(CC(=O)Nc3ccc(F)c(F)c3)S(=O)(=O)c3cccnc32)cc1. The van der Waals surface area contributed by atoms with Crippen molar-refractivity contribution in [3.05, 3.63) is 78.0 Å². The number of sulfonamides is 1. The Morgan fingerprint density at radius 1 is 1.10 bits per heavy atom. The number of halogens is 2. The molecule has 1 amide bonds. The van der Waals surface area contributed by atoms with Gasteiger partial charge in [0.2, 0.25) is 15.9 Å². The van der Waals surface area contributed by atoms with Gasteiger partial charge in [0.15, 0.2) is 17.5 Å². The lowest BCUT2D eigenvalue weighted by atomic mass is 10.2. The second-order valence-electron chi connectivity index (χ2n) is 7.02. The Balaban J connectivity index is 1.63. The quantitative estimate of drug-likeness (QED) is 0.667. The maximum Gasteiger partial charge on any atom is 0.248 e. The highest BCUT2D eigenvalue weighted by atomic mass is 32.2. The molecule has 31 heavy (non-hydrogen) atoms. The summed E-state index contributed by atoms with van der Waals surface area (Å²) < 4.78 is 53.7.